The Morgan fingerprint density at radius 1 is 1.36 bits per heavy atom. The average molecular weight is 201 g/mol. The predicted octanol–water partition coefficient (Wildman–Crippen LogP) is 2.90. The van der Waals surface area contributed by atoms with Crippen LogP contribution in [0.2, 0.25) is 0 Å². The minimum atomic E-state index is -0.183. The normalized spacial score (nSPS) is 17.0. The van der Waals surface area contributed by atoms with Crippen LogP contribution in [0.25, 0.3) is 0 Å². The summed E-state index contributed by atoms with van der Waals surface area (Å²) in [6.45, 7) is 8.18. The van der Waals surface area contributed by atoms with Crippen molar-refractivity contribution in [1.82, 2.24) is 4.90 Å². The van der Waals surface area contributed by atoms with Crippen LogP contribution in [0.15, 0.2) is 0 Å². The molecule has 1 aliphatic rings. The van der Waals surface area contributed by atoms with Gasteiger partial charge in [0.25, 0.3) is 0 Å². The average Bonchev–Trinajstić information content (AvgIpc) is 2.19. The van der Waals surface area contributed by atoms with E-state index in [0.29, 0.717) is 0 Å². The molecule has 0 unspecified atom stereocenters. The molecule has 14 heavy (non-hydrogen) atoms. The van der Waals surface area contributed by atoms with Crippen molar-refractivity contribution in [3.63, 3.8) is 0 Å². The molecule has 0 bridgehead atoms. The number of rotatable bonds is 0. The summed E-state index contributed by atoms with van der Waals surface area (Å²) in [5, 5.41) is 0. The number of carbonyl (C=O) groups excluding carboxylic acids is 1. The van der Waals surface area contributed by atoms with Crippen molar-refractivity contribution in [2.75, 3.05) is 20.2 Å². The Morgan fingerprint density at radius 3 is 2.14 bits per heavy atom. The van der Waals surface area contributed by atoms with E-state index in [1.807, 2.05) is 0 Å². The number of amides is 1. The van der Waals surface area contributed by atoms with Crippen molar-refractivity contribution < 1.29 is 9.53 Å². The summed E-state index contributed by atoms with van der Waals surface area (Å²) >= 11 is 0. The first-order chi connectivity index (χ1) is 6.65. The Bertz CT molecular complexity index is 151. The molecule has 0 aromatic rings. The standard InChI is InChI=1S/C8H15NO2.C3H8/c1-7-3-5-9(6-4-7)8(10)11-2;1-3-2/h7H,3-6H2,1-2H3;3H2,1-2H3. The van der Waals surface area contributed by atoms with Crippen LogP contribution >= 0.6 is 0 Å². The molecule has 84 valence electrons. The molecular weight excluding hydrogens is 178 g/mol. The second-order valence-corrected chi connectivity index (χ2v) is 3.85. The minimum absolute atomic E-state index is 0.183. The van der Waals surface area contributed by atoms with Crippen LogP contribution in [-0.4, -0.2) is 31.2 Å². The Labute approximate surface area is 87.4 Å². The lowest BCUT2D eigenvalue weighted by Crippen LogP contribution is -2.37. The van der Waals surface area contributed by atoms with E-state index in [0.717, 1.165) is 31.8 Å². The number of likely N-dealkylation sites (tertiary alicyclic amines) is 1. The predicted molar refractivity (Wildman–Crippen MR) is 58.3 cm³/mol. The number of nitrogens with zero attached hydrogens (tertiary/aromatic N) is 1. The van der Waals surface area contributed by atoms with E-state index in [2.05, 4.69) is 25.5 Å². The maximum atomic E-state index is 11.0. The molecule has 1 saturated heterocycles. The number of piperidine rings is 1. The van der Waals surface area contributed by atoms with E-state index in [4.69, 9.17) is 0 Å². The minimum Gasteiger partial charge on any atom is -0.453 e. The molecular formula is C11H23NO2. The first-order valence-corrected chi connectivity index (χ1v) is 5.48. The highest BCUT2D eigenvalue weighted by Crippen LogP contribution is 2.16. The van der Waals surface area contributed by atoms with Gasteiger partial charge in [-0.05, 0) is 18.8 Å². The molecule has 0 N–H and O–H groups in total. The molecule has 1 rings (SSSR count). The van der Waals surface area contributed by atoms with Gasteiger partial charge in [-0.15, -0.1) is 0 Å². The summed E-state index contributed by atoms with van der Waals surface area (Å²) in [7, 11) is 1.43. The highest BCUT2D eigenvalue weighted by molar-refractivity contribution is 5.67. The van der Waals surface area contributed by atoms with Crippen LogP contribution in [0.1, 0.15) is 40.0 Å². The topological polar surface area (TPSA) is 29.5 Å². The number of methoxy groups -OCH3 is 1. The lowest BCUT2D eigenvalue weighted by molar-refractivity contribution is 0.108. The molecule has 0 spiro atoms. The van der Waals surface area contributed by atoms with Crippen molar-refractivity contribution >= 4 is 6.09 Å². The number of carbonyl (C=O) groups is 1. The van der Waals surface area contributed by atoms with Gasteiger partial charge >= 0.3 is 6.09 Å². The fourth-order valence-corrected chi connectivity index (χ4v) is 1.32. The van der Waals surface area contributed by atoms with Crippen molar-refractivity contribution in [2.24, 2.45) is 5.92 Å². The van der Waals surface area contributed by atoms with Crippen molar-refractivity contribution in [2.45, 2.75) is 40.0 Å². The van der Waals surface area contributed by atoms with Gasteiger partial charge in [0.15, 0.2) is 0 Å². The highest BCUT2D eigenvalue weighted by atomic mass is 16.5. The van der Waals surface area contributed by atoms with E-state index in [9.17, 15) is 4.79 Å². The van der Waals surface area contributed by atoms with Crippen LogP contribution in [-0.2, 0) is 4.74 Å². The van der Waals surface area contributed by atoms with Crippen molar-refractivity contribution in [1.29, 1.82) is 0 Å². The van der Waals surface area contributed by atoms with Gasteiger partial charge in [0.2, 0.25) is 0 Å². The third-order valence-electron chi connectivity index (χ3n) is 2.22. The summed E-state index contributed by atoms with van der Waals surface area (Å²) in [6.07, 6.45) is 3.28. The maximum Gasteiger partial charge on any atom is 0.409 e. The first kappa shape index (κ1) is 13.3. The van der Waals surface area contributed by atoms with Crippen LogP contribution in [0.5, 0.6) is 0 Å². The summed E-state index contributed by atoms with van der Waals surface area (Å²) in [5.41, 5.74) is 0. The fourth-order valence-electron chi connectivity index (χ4n) is 1.32. The zero-order valence-electron chi connectivity index (χ0n) is 9.88. The zero-order valence-corrected chi connectivity index (χ0v) is 9.88. The molecule has 0 aromatic carbocycles. The van der Waals surface area contributed by atoms with Gasteiger partial charge < -0.3 is 9.64 Å². The monoisotopic (exact) mass is 201 g/mol. The zero-order chi connectivity index (χ0) is 11.0. The van der Waals surface area contributed by atoms with Gasteiger partial charge in [0.05, 0.1) is 7.11 Å². The Kier molecular flexibility index (Phi) is 7.25. The van der Waals surface area contributed by atoms with Crippen molar-refractivity contribution in [3.05, 3.63) is 0 Å². The molecule has 1 aliphatic heterocycles. The van der Waals surface area contributed by atoms with E-state index in [1.54, 1.807) is 4.90 Å². The maximum absolute atomic E-state index is 11.0. The summed E-state index contributed by atoms with van der Waals surface area (Å²) < 4.78 is 4.61. The number of ether oxygens (including phenoxy) is 1. The van der Waals surface area contributed by atoms with Crippen LogP contribution in [0.4, 0.5) is 4.79 Å². The molecule has 0 aromatic heterocycles. The first-order valence-electron chi connectivity index (χ1n) is 5.48. The Hall–Kier alpha value is -0.730. The highest BCUT2D eigenvalue weighted by Gasteiger charge is 2.19. The lowest BCUT2D eigenvalue weighted by Gasteiger charge is -2.28. The molecule has 1 fully saturated rings. The van der Waals surface area contributed by atoms with Crippen LogP contribution in [0.3, 0.4) is 0 Å². The molecule has 3 nitrogen and oxygen atoms in total. The van der Waals surface area contributed by atoms with Crippen LogP contribution < -0.4 is 0 Å². The second-order valence-electron chi connectivity index (χ2n) is 3.85. The number of hydrogen-bond donors (Lipinski definition) is 0. The van der Waals surface area contributed by atoms with Gasteiger partial charge in [-0.1, -0.05) is 27.2 Å². The lowest BCUT2D eigenvalue weighted by atomic mass is 10.00. The van der Waals surface area contributed by atoms with Gasteiger partial charge in [-0.3, -0.25) is 0 Å². The summed E-state index contributed by atoms with van der Waals surface area (Å²) in [5.74, 6) is 0.760. The molecule has 0 atom stereocenters. The van der Waals surface area contributed by atoms with Gasteiger partial charge in [0, 0.05) is 13.1 Å². The summed E-state index contributed by atoms with van der Waals surface area (Å²) in [6, 6.07) is 0. The Balaban J connectivity index is 0.000000500. The van der Waals surface area contributed by atoms with E-state index < -0.39 is 0 Å². The van der Waals surface area contributed by atoms with E-state index >= 15 is 0 Å². The second kappa shape index (κ2) is 7.65. The number of hydrogen-bond acceptors (Lipinski definition) is 2. The van der Waals surface area contributed by atoms with Gasteiger partial charge in [0.1, 0.15) is 0 Å². The van der Waals surface area contributed by atoms with Crippen LogP contribution in [0, 0.1) is 5.92 Å². The molecule has 0 radical (unpaired) electrons. The molecule has 0 aliphatic carbocycles. The molecule has 0 saturated carbocycles. The molecule has 1 heterocycles. The van der Waals surface area contributed by atoms with E-state index in [1.165, 1.54) is 13.5 Å². The largest absolute Gasteiger partial charge is 0.453 e. The quantitative estimate of drug-likeness (QED) is 0.603. The van der Waals surface area contributed by atoms with Gasteiger partial charge in [-0.2, -0.15) is 0 Å². The molecule has 1 amide bonds. The summed E-state index contributed by atoms with van der Waals surface area (Å²) in [4.78, 5) is 12.7. The Morgan fingerprint density at radius 2 is 1.79 bits per heavy atom. The van der Waals surface area contributed by atoms with Crippen molar-refractivity contribution in [3.8, 4) is 0 Å². The van der Waals surface area contributed by atoms with Gasteiger partial charge in [-0.25, -0.2) is 4.79 Å². The smallest absolute Gasteiger partial charge is 0.409 e. The molecule has 3 heteroatoms. The van der Waals surface area contributed by atoms with E-state index in [-0.39, 0.29) is 6.09 Å². The SMILES string of the molecule is CCC.COC(=O)N1CCC(C)CC1. The third-order valence-corrected chi connectivity index (χ3v) is 2.22. The third kappa shape index (κ3) is 5.10. The fraction of sp³-hybridized carbons (Fsp3) is 0.909.